The SMILES string of the molecule is CCC(C)(C#N)C(O)c1ccc2nc(C)ccc2c1. The van der Waals surface area contributed by atoms with Crippen molar-refractivity contribution in [2.75, 3.05) is 0 Å². The standard InChI is InChI=1S/C16H18N2O/c1-4-16(3,10-17)15(19)13-7-8-14-12(9-13)6-5-11(2)18-14/h5-9,15,19H,4H2,1-3H3. The van der Waals surface area contributed by atoms with Crippen molar-refractivity contribution in [3.05, 3.63) is 41.6 Å². The van der Waals surface area contributed by atoms with Crippen LogP contribution in [0.25, 0.3) is 10.9 Å². The fourth-order valence-corrected chi connectivity index (χ4v) is 2.12. The molecule has 0 fully saturated rings. The summed E-state index contributed by atoms with van der Waals surface area (Å²) in [7, 11) is 0. The lowest BCUT2D eigenvalue weighted by atomic mass is 9.79. The molecular formula is C16H18N2O. The minimum atomic E-state index is -0.784. The lowest BCUT2D eigenvalue weighted by molar-refractivity contribution is 0.0723. The molecule has 2 aromatic rings. The highest BCUT2D eigenvalue weighted by Gasteiger charge is 2.32. The summed E-state index contributed by atoms with van der Waals surface area (Å²) in [5.41, 5.74) is 1.89. The summed E-state index contributed by atoms with van der Waals surface area (Å²) >= 11 is 0. The second-order valence-corrected chi connectivity index (χ2v) is 5.19. The van der Waals surface area contributed by atoms with Gasteiger partial charge < -0.3 is 5.11 Å². The molecule has 0 aliphatic heterocycles. The largest absolute Gasteiger partial charge is 0.387 e. The van der Waals surface area contributed by atoms with Crippen LogP contribution in [0.15, 0.2) is 30.3 Å². The molecule has 1 heterocycles. The van der Waals surface area contributed by atoms with E-state index in [9.17, 15) is 10.4 Å². The van der Waals surface area contributed by atoms with Crippen LogP contribution in [0, 0.1) is 23.7 Å². The molecule has 2 unspecified atom stereocenters. The summed E-state index contributed by atoms with van der Waals surface area (Å²) in [6.07, 6.45) is -0.178. The Kier molecular flexibility index (Phi) is 3.55. The number of aromatic nitrogens is 1. The third-order valence-electron chi connectivity index (χ3n) is 3.76. The number of rotatable bonds is 3. The quantitative estimate of drug-likeness (QED) is 0.911. The van der Waals surface area contributed by atoms with Crippen LogP contribution in [0.4, 0.5) is 0 Å². The van der Waals surface area contributed by atoms with E-state index in [1.807, 2.05) is 44.2 Å². The van der Waals surface area contributed by atoms with Gasteiger partial charge >= 0.3 is 0 Å². The number of nitriles is 1. The van der Waals surface area contributed by atoms with E-state index in [1.54, 1.807) is 6.92 Å². The summed E-state index contributed by atoms with van der Waals surface area (Å²) in [4.78, 5) is 4.43. The van der Waals surface area contributed by atoms with Crippen LogP contribution < -0.4 is 0 Å². The summed E-state index contributed by atoms with van der Waals surface area (Å²) < 4.78 is 0. The van der Waals surface area contributed by atoms with Gasteiger partial charge in [-0.2, -0.15) is 5.26 Å². The number of nitrogens with zero attached hydrogens (tertiary/aromatic N) is 2. The Morgan fingerprint density at radius 1 is 1.37 bits per heavy atom. The third kappa shape index (κ3) is 2.45. The summed E-state index contributed by atoms with van der Waals surface area (Å²) in [5.74, 6) is 0. The van der Waals surface area contributed by atoms with E-state index in [4.69, 9.17) is 0 Å². The zero-order valence-electron chi connectivity index (χ0n) is 11.5. The van der Waals surface area contributed by atoms with Crippen molar-refractivity contribution in [3.8, 4) is 6.07 Å². The van der Waals surface area contributed by atoms with Crippen LogP contribution in [0.3, 0.4) is 0 Å². The average molecular weight is 254 g/mol. The first kappa shape index (κ1) is 13.5. The van der Waals surface area contributed by atoms with Crippen molar-refractivity contribution in [1.29, 1.82) is 5.26 Å². The number of hydrogen-bond donors (Lipinski definition) is 1. The van der Waals surface area contributed by atoms with Crippen molar-refractivity contribution in [2.24, 2.45) is 5.41 Å². The number of aryl methyl sites for hydroxylation is 1. The van der Waals surface area contributed by atoms with Gasteiger partial charge in [0.15, 0.2) is 0 Å². The first-order valence-corrected chi connectivity index (χ1v) is 6.47. The van der Waals surface area contributed by atoms with Crippen LogP contribution in [0.1, 0.15) is 37.6 Å². The molecule has 3 nitrogen and oxygen atoms in total. The Bertz CT molecular complexity index is 645. The topological polar surface area (TPSA) is 56.9 Å². The first-order chi connectivity index (χ1) is 9.00. The van der Waals surface area contributed by atoms with E-state index in [0.717, 1.165) is 22.2 Å². The maximum atomic E-state index is 10.4. The number of aliphatic hydroxyl groups is 1. The van der Waals surface area contributed by atoms with Crippen molar-refractivity contribution in [1.82, 2.24) is 4.98 Å². The maximum Gasteiger partial charge on any atom is 0.0973 e. The summed E-state index contributed by atoms with van der Waals surface area (Å²) in [5, 5.41) is 20.6. The van der Waals surface area contributed by atoms with E-state index in [0.29, 0.717) is 6.42 Å². The number of pyridine rings is 1. The van der Waals surface area contributed by atoms with E-state index in [1.165, 1.54) is 0 Å². The molecule has 3 heteroatoms. The van der Waals surface area contributed by atoms with Crippen molar-refractivity contribution in [2.45, 2.75) is 33.3 Å². The molecule has 0 radical (unpaired) electrons. The van der Waals surface area contributed by atoms with Gasteiger partial charge in [-0.25, -0.2) is 0 Å². The normalized spacial score (nSPS) is 15.7. The molecule has 0 aliphatic rings. The van der Waals surface area contributed by atoms with Crippen LogP contribution in [0.2, 0.25) is 0 Å². The Labute approximate surface area is 113 Å². The molecule has 2 atom stereocenters. The highest BCUT2D eigenvalue weighted by atomic mass is 16.3. The predicted molar refractivity (Wildman–Crippen MR) is 75.5 cm³/mol. The van der Waals surface area contributed by atoms with E-state index >= 15 is 0 Å². The Balaban J connectivity index is 2.47. The van der Waals surface area contributed by atoms with Crippen LogP contribution in [0.5, 0.6) is 0 Å². The maximum absolute atomic E-state index is 10.4. The number of fused-ring (bicyclic) bond motifs is 1. The molecule has 2 rings (SSSR count). The van der Waals surface area contributed by atoms with Gasteiger partial charge in [-0.15, -0.1) is 0 Å². The zero-order chi connectivity index (χ0) is 14.0. The fraction of sp³-hybridized carbons (Fsp3) is 0.375. The number of hydrogen-bond acceptors (Lipinski definition) is 3. The van der Waals surface area contributed by atoms with Crippen LogP contribution in [-0.4, -0.2) is 10.1 Å². The smallest absolute Gasteiger partial charge is 0.0973 e. The molecule has 98 valence electrons. The van der Waals surface area contributed by atoms with Crippen LogP contribution >= 0.6 is 0 Å². The molecule has 0 amide bonds. The Hall–Kier alpha value is -1.92. The van der Waals surface area contributed by atoms with E-state index in [2.05, 4.69) is 11.1 Å². The fourth-order valence-electron chi connectivity index (χ4n) is 2.12. The predicted octanol–water partition coefficient (Wildman–Crippen LogP) is 3.52. The van der Waals surface area contributed by atoms with Gasteiger partial charge in [-0.3, -0.25) is 4.98 Å². The minimum Gasteiger partial charge on any atom is -0.387 e. The molecule has 0 bridgehead atoms. The van der Waals surface area contributed by atoms with Crippen molar-refractivity contribution < 1.29 is 5.11 Å². The lowest BCUT2D eigenvalue weighted by Gasteiger charge is -2.26. The molecule has 1 N–H and O–H groups in total. The van der Waals surface area contributed by atoms with Gasteiger partial charge in [-0.05, 0) is 44.0 Å². The van der Waals surface area contributed by atoms with Crippen LogP contribution in [-0.2, 0) is 0 Å². The second-order valence-electron chi connectivity index (χ2n) is 5.19. The monoisotopic (exact) mass is 254 g/mol. The summed E-state index contributed by atoms with van der Waals surface area (Å²) in [6.45, 7) is 5.65. The minimum absolute atomic E-state index is 0.606. The van der Waals surface area contributed by atoms with Crippen molar-refractivity contribution in [3.63, 3.8) is 0 Å². The van der Waals surface area contributed by atoms with Gasteiger partial charge in [0, 0.05) is 11.1 Å². The lowest BCUT2D eigenvalue weighted by Crippen LogP contribution is -2.22. The molecule has 0 spiro atoms. The van der Waals surface area contributed by atoms with Gasteiger partial charge in [0.1, 0.15) is 0 Å². The molecular weight excluding hydrogens is 236 g/mol. The highest BCUT2D eigenvalue weighted by Crippen LogP contribution is 2.36. The molecule has 0 saturated carbocycles. The first-order valence-electron chi connectivity index (χ1n) is 6.47. The van der Waals surface area contributed by atoms with E-state index < -0.39 is 11.5 Å². The Morgan fingerprint density at radius 3 is 2.74 bits per heavy atom. The number of aliphatic hydroxyl groups excluding tert-OH is 1. The number of benzene rings is 1. The van der Waals surface area contributed by atoms with Gasteiger partial charge in [0.25, 0.3) is 0 Å². The van der Waals surface area contributed by atoms with Gasteiger partial charge in [0.05, 0.1) is 23.1 Å². The molecule has 1 aromatic heterocycles. The Morgan fingerprint density at radius 2 is 2.11 bits per heavy atom. The zero-order valence-corrected chi connectivity index (χ0v) is 11.5. The van der Waals surface area contributed by atoms with Gasteiger partial charge in [0.2, 0.25) is 0 Å². The molecule has 0 saturated heterocycles. The van der Waals surface area contributed by atoms with Crippen molar-refractivity contribution >= 4 is 10.9 Å². The van der Waals surface area contributed by atoms with Gasteiger partial charge in [-0.1, -0.05) is 19.1 Å². The average Bonchev–Trinajstić information content (AvgIpc) is 2.45. The van der Waals surface area contributed by atoms with E-state index in [-0.39, 0.29) is 0 Å². The molecule has 19 heavy (non-hydrogen) atoms. The molecule has 1 aromatic carbocycles. The highest BCUT2D eigenvalue weighted by molar-refractivity contribution is 5.79. The second kappa shape index (κ2) is 4.99. The molecule has 0 aliphatic carbocycles. The third-order valence-corrected chi connectivity index (χ3v) is 3.76. The summed E-state index contributed by atoms with van der Waals surface area (Å²) in [6, 6.07) is 11.8.